The molecule has 0 saturated carbocycles. The van der Waals surface area contributed by atoms with Crippen LogP contribution in [0.1, 0.15) is 28.1 Å². The highest BCUT2D eigenvalue weighted by Gasteiger charge is 2.05. The lowest BCUT2D eigenvalue weighted by atomic mass is 10.1. The van der Waals surface area contributed by atoms with Crippen molar-refractivity contribution in [1.29, 1.82) is 0 Å². The molecule has 0 spiro atoms. The molecule has 0 unspecified atom stereocenters. The van der Waals surface area contributed by atoms with E-state index in [0.29, 0.717) is 5.56 Å². The van der Waals surface area contributed by atoms with E-state index in [4.69, 9.17) is 0 Å². The highest BCUT2D eigenvalue weighted by Crippen LogP contribution is 2.18. The Hall–Kier alpha value is -0.960. The van der Waals surface area contributed by atoms with Crippen LogP contribution in [0, 0.1) is 0 Å². The second-order valence-corrected chi connectivity index (χ2v) is 3.56. The van der Waals surface area contributed by atoms with Gasteiger partial charge in [0.05, 0.1) is 12.7 Å². The molecule has 0 fully saturated rings. The number of benzene rings is 1. The van der Waals surface area contributed by atoms with Gasteiger partial charge in [0.1, 0.15) is 0 Å². The molecule has 3 heteroatoms. The van der Waals surface area contributed by atoms with Crippen LogP contribution in [0.15, 0.2) is 24.3 Å². The Balaban J connectivity index is 2.87. The maximum absolute atomic E-state index is 11.1. The predicted octanol–water partition coefficient (Wildman–Crippen LogP) is 2.46. The van der Waals surface area contributed by atoms with Gasteiger partial charge in [0.25, 0.3) is 0 Å². The standard InChI is InChI=1S/C10H12O2S/c1-7(13)8-3-5-9(6-4-8)10(11)12-2/h3-7,13H,1-2H3/t7-/m1/s1. The molecule has 1 rings (SSSR count). The second-order valence-electron chi connectivity index (χ2n) is 2.79. The summed E-state index contributed by atoms with van der Waals surface area (Å²) < 4.78 is 4.58. The lowest BCUT2D eigenvalue weighted by molar-refractivity contribution is 0.0600. The minimum Gasteiger partial charge on any atom is -0.465 e. The first-order valence-electron chi connectivity index (χ1n) is 4.01. The zero-order chi connectivity index (χ0) is 9.84. The van der Waals surface area contributed by atoms with Gasteiger partial charge in [-0.2, -0.15) is 12.6 Å². The number of methoxy groups -OCH3 is 1. The quantitative estimate of drug-likeness (QED) is 0.581. The van der Waals surface area contributed by atoms with Crippen molar-refractivity contribution in [2.45, 2.75) is 12.2 Å². The number of hydrogen-bond acceptors (Lipinski definition) is 3. The average molecular weight is 196 g/mol. The minimum atomic E-state index is -0.307. The van der Waals surface area contributed by atoms with Crippen molar-refractivity contribution in [3.8, 4) is 0 Å². The summed E-state index contributed by atoms with van der Waals surface area (Å²) in [6, 6.07) is 7.25. The van der Waals surface area contributed by atoms with Crippen LogP contribution in [0.2, 0.25) is 0 Å². The molecule has 0 saturated heterocycles. The summed E-state index contributed by atoms with van der Waals surface area (Å²) in [6.07, 6.45) is 0. The van der Waals surface area contributed by atoms with E-state index in [1.54, 1.807) is 12.1 Å². The Bertz CT molecular complexity index is 290. The lowest BCUT2D eigenvalue weighted by Gasteiger charge is -2.04. The molecule has 2 nitrogen and oxygen atoms in total. The second kappa shape index (κ2) is 4.33. The molecule has 0 aromatic heterocycles. The molecular formula is C10H12O2S. The van der Waals surface area contributed by atoms with E-state index >= 15 is 0 Å². The molecule has 0 N–H and O–H groups in total. The summed E-state index contributed by atoms with van der Waals surface area (Å²) in [7, 11) is 1.37. The molecule has 70 valence electrons. The largest absolute Gasteiger partial charge is 0.465 e. The SMILES string of the molecule is COC(=O)c1ccc([C@@H](C)S)cc1. The molecular weight excluding hydrogens is 184 g/mol. The van der Waals surface area contributed by atoms with Crippen molar-refractivity contribution in [2.24, 2.45) is 0 Å². The van der Waals surface area contributed by atoms with Crippen LogP contribution in [0.25, 0.3) is 0 Å². The summed E-state index contributed by atoms with van der Waals surface area (Å²) in [6.45, 7) is 1.98. The fourth-order valence-electron chi connectivity index (χ4n) is 1.02. The minimum absolute atomic E-state index is 0.187. The number of hydrogen-bond donors (Lipinski definition) is 1. The van der Waals surface area contributed by atoms with Gasteiger partial charge in [0.15, 0.2) is 0 Å². The van der Waals surface area contributed by atoms with Gasteiger partial charge >= 0.3 is 5.97 Å². The fourth-order valence-corrected chi connectivity index (χ4v) is 1.19. The number of thiol groups is 1. The van der Waals surface area contributed by atoms with Crippen LogP contribution in [-0.4, -0.2) is 13.1 Å². The average Bonchev–Trinajstić information content (AvgIpc) is 2.17. The summed E-state index contributed by atoms with van der Waals surface area (Å²) in [5, 5.41) is 0.187. The Labute approximate surface area is 83.3 Å². The van der Waals surface area contributed by atoms with Crippen molar-refractivity contribution in [3.05, 3.63) is 35.4 Å². The monoisotopic (exact) mass is 196 g/mol. The normalized spacial score (nSPS) is 12.2. The molecule has 0 aliphatic rings. The van der Waals surface area contributed by atoms with Crippen LogP contribution < -0.4 is 0 Å². The molecule has 0 aliphatic carbocycles. The molecule has 1 aromatic rings. The Morgan fingerprint density at radius 3 is 2.31 bits per heavy atom. The third-order valence-electron chi connectivity index (χ3n) is 1.81. The highest BCUT2D eigenvalue weighted by atomic mass is 32.1. The van der Waals surface area contributed by atoms with Gasteiger partial charge in [0.2, 0.25) is 0 Å². The van der Waals surface area contributed by atoms with Gasteiger partial charge in [-0.25, -0.2) is 4.79 Å². The maximum atomic E-state index is 11.1. The van der Waals surface area contributed by atoms with Crippen LogP contribution in [-0.2, 0) is 4.74 Å². The fraction of sp³-hybridized carbons (Fsp3) is 0.300. The zero-order valence-corrected chi connectivity index (χ0v) is 8.54. The van der Waals surface area contributed by atoms with E-state index < -0.39 is 0 Å². The maximum Gasteiger partial charge on any atom is 0.337 e. The predicted molar refractivity (Wildman–Crippen MR) is 55.2 cm³/mol. The van der Waals surface area contributed by atoms with Crippen molar-refractivity contribution < 1.29 is 9.53 Å². The van der Waals surface area contributed by atoms with E-state index in [2.05, 4.69) is 17.4 Å². The van der Waals surface area contributed by atoms with E-state index in [0.717, 1.165) is 5.56 Å². The van der Waals surface area contributed by atoms with Crippen molar-refractivity contribution >= 4 is 18.6 Å². The van der Waals surface area contributed by atoms with Gasteiger partial charge in [-0.05, 0) is 24.6 Å². The van der Waals surface area contributed by atoms with Gasteiger partial charge in [-0.3, -0.25) is 0 Å². The molecule has 0 bridgehead atoms. The summed E-state index contributed by atoms with van der Waals surface area (Å²) in [5.41, 5.74) is 1.66. The zero-order valence-electron chi connectivity index (χ0n) is 7.65. The van der Waals surface area contributed by atoms with Gasteiger partial charge in [-0.15, -0.1) is 0 Å². The summed E-state index contributed by atoms with van der Waals surface area (Å²) in [5.74, 6) is -0.307. The number of esters is 1. The Kier molecular flexibility index (Phi) is 3.37. The number of carbonyl (C=O) groups is 1. The van der Waals surface area contributed by atoms with E-state index in [1.165, 1.54) is 7.11 Å². The van der Waals surface area contributed by atoms with Crippen LogP contribution in [0.4, 0.5) is 0 Å². The molecule has 0 amide bonds. The first kappa shape index (κ1) is 10.1. The van der Waals surface area contributed by atoms with E-state index in [-0.39, 0.29) is 11.2 Å². The molecule has 0 aliphatic heterocycles. The topological polar surface area (TPSA) is 26.3 Å². The summed E-state index contributed by atoms with van der Waals surface area (Å²) in [4.78, 5) is 11.1. The summed E-state index contributed by atoms with van der Waals surface area (Å²) >= 11 is 4.28. The molecule has 13 heavy (non-hydrogen) atoms. The highest BCUT2D eigenvalue weighted by molar-refractivity contribution is 7.80. The van der Waals surface area contributed by atoms with E-state index in [1.807, 2.05) is 19.1 Å². The van der Waals surface area contributed by atoms with Gasteiger partial charge < -0.3 is 4.74 Å². The molecule has 1 aromatic carbocycles. The Morgan fingerprint density at radius 2 is 1.92 bits per heavy atom. The third kappa shape index (κ3) is 2.49. The lowest BCUT2D eigenvalue weighted by Crippen LogP contribution is -2.00. The Morgan fingerprint density at radius 1 is 1.38 bits per heavy atom. The van der Waals surface area contributed by atoms with Crippen LogP contribution >= 0.6 is 12.6 Å². The van der Waals surface area contributed by atoms with Crippen LogP contribution in [0.3, 0.4) is 0 Å². The molecule has 0 heterocycles. The molecule has 0 radical (unpaired) electrons. The smallest absolute Gasteiger partial charge is 0.337 e. The molecule has 1 atom stereocenters. The van der Waals surface area contributed by atoms with Gasteiger partial charge in [0, 0.05) is 5.25 Å². The van der Waals surface area contributed by atoms with Crippen molar-refractivity contribution in [3.63, 3.8) is 0 Å². The number of ether oxygens (including phenoxy) is 1. The van der Waals surface area contributed by atoms with Crippen molar-refractivity contribution in [2.75, 3.05) is 7.11 Å². The van der Waals surface area contributed by atoms with Gasteiger partial charge in [-0.1, -0.05) is 12.1 Å². The van der Waals surface area contributed by atoms with E-state index in [9.17, 15) is 4.79 Å². The number of carbonyl (C=O) groups excluding carboxylic acids is 1. The van der Waals surface area contributed by atoms with Crippen LogP contribution in [0.5, 0.6) is 0 Å². The first-order valence-corrected chi connectivity index (χ1v) is 4.53. The van der Waals surface area contributed by atoms with Crippen molar-refractivity contribution in [1.82, 2.24) is 0 Å². The first-order chi connectivity index (χ1) is 6.15. The third-order valence-corrected chi connectivity index (χ3v) is 2.11. The number of rotatable bonds is 2.